The largest absolute Gasteiger partial charge is 0.456 e. The van der Waals surface area contributed by atoms with Gasteiger partial charge in [-0.1, -0.05) is 30.3 Å². The molecule has 3 aromatic carbocycles. The maximum atomic E-state index is 14.2. The van der Waals surface area contributed by atoms with Crippen molar-refractivity contribution < 1.29 is 8.81 Å². The molecule has 4 rings (SSSR count). The Hall–Kier alpha value is -3.12. The van der Waals surface area contributed by atoms with Crippen molar-refractivity contribution >= 4 is 21.9 Å². The number of nitriles is 1. The lowest BCUT2D eigenvalue weighted by molar-refractivity contribution is 0.631. The predicted octanol–water partition coefficient (Wildman–Crippen LogP) is 5.26. The normalized spacial score (nSPS) is 10.9. The first-order valence-corrected chi connectivity index (χ1v) is 6.87. The molecule has 0 atom stereocenters. The average Bonchev–Trinajstić information content (AvgIpc) is 2.92. The molecule has 2 nitrogen and oxygen atoms in total. The highest BCUT2D eigenvalue weighted by Gasteiger charge is 2.10. The Morgan fingerprint density at radius 2 is 1.68 bits per heavy atom. The predicted molar refractivity (Wildman–Crippen MR) is 83.8 cm³/mol. The standard InChI is InChI=1S/C19H10FNO/c20-17-9-12(11-21)5-7-14(17)13-6-8-19-16(10-13)15-3-1-2-4-18(15)22-19/h1-10H. The molecule has 0 unspecified atom stereocenters. The van der Waals surface area contributed by atoms with Gasteiger partial charge in [-0.15, -0.1) is 0 Å². The zero-order valence-corrected chi connectivity index (χ0v) is 11.5. The van der Waals surface area contributed by atoms with Crippen molar-refractivity contribution in [2.24, 2.45) is 0 Å². The Balaban J connectivity index is 1.96. The van der Waals surface area contributed by atoms with Crippen LogP contribution in [-0.2, 0) is 0 Å². The van der Waals surface area contributed by atoms with Crippen molar-refractivity contribution in [2.45, 2.75) is 0 Å². The van der Waals surface area contributed by atoms with E-state index in [0.717, 1.165) is 27.5 Å². The Bertz CT molecular complexity index is 1060. The lowest BCUT2D eigenvalue weighted by Gasteiger charge is -2.04. The topological polar surface area (TPSA) is 36.9 Å². The summed E-state index contributed by atoms with van der Waals surface area (Å²) in [6, 6.07) is 19.8. The zero-order valence-electron chi connectivity index (χ0n) is 11.5. The molecule has 0 saturated heterocycles. The van der Waals surface area contributed by atoms with Crippen LogP contribution in [0.25, 0.3) is 33.1 Å². The van der Waals surface area contributed by atoms with Gasteiger partial charge in [0.25, 0.3) is 0 Å². The molecule has 1 heterocycles. The molecule has 0 radical (unpaired) electrons. The Labute approximate surface area is 126 Å². The molecule has 0 saturated carbocycles. The van der Waals surface area contributed by atoms with Gasteiger partial charge in [0.1, 0.15) is 17.0 Å². The molecule has 22 heavy (non-hydrogen) atoms. The van der Waals surface area contributed by atoms with E-state index in [-0.39, 0.29) is 0 Å². The Kier molecular flexibility index (Phi) is 2.70. The first kappa shape index (κ1) is 12.6. The molecule has 0 bridgehead atoms. The van der Waals surface area contributed by atoms with Gasteiger partial charge in [0.15, 0.2) is 0 Å². The molecular formula is C19H10FNO. The van der Waals surface area contributed by atoms with Crippen molar-refractivity contribution in [3.63, 3.8) is 0 Å². The summed E-state index contributed by atoms with van der Waals surface area (Å²) in [6.07, 6.45) is 0. The average molecular weight is 287 g/mol. The third-order valence-electron chi connectivity index (χ3n) is 3.79. The van der Waals surface area contributed by atoms with E-state index in [1.165, 1.54) is 6.07 Å². The third kappa shape index (κ3) is 1.86. The SMILES string of the molecule is N#Cc1ccc(-c2ccc3oc4ccccc4c3c2)c(F)c1. The van der Waals surface area contributed by atoms with E-state index in [4.69, 9.17) is 9.68 Å². The fourth-order valence-electron chi connectivity index (χ4n) is 2.71. The van der Waals surface area contributed by atoms with Crippen LogP contribution in [0.15, 0.2) is 65.1 Å². The van der Waals surface area contributed by atoms with Crippen LogP contribution in [0.1, 0.15) is 5.56 Å². The molecule has 0 amide bonds. The molecule has 0 fully saturated rings. The van der Waals surface area contributed by atoms with Crippen LogP contribution in [0.2, 0.25) is 0 Å². The summed E-state index contributed by atoms with van der Waals surface area (Å²) in [6.45, 7) is 0. The molecule has 0 aliphatic carbocycles. The molecule has 0 spiro atoms. The lowest BCUT2D eigenvalue weighted by atomic mass is 10.0. The quantitative estimate of drug-likeness (QED) is 0.478. The molecule has 0 aliphatic heterocycles. The van der Waals surface area contributed by atoms with E-state index < -0.39 is 5.82 Å². The van der Waals surface area contributed by atoms with Gasteiger partial charge in [-0.25, -0.2) is 4.39 Å². The van der Waals surface area contributed by atoms with Gasteiger partial charge in [0.05, 0.1) is 11.6 Å². The molecule has 0 aliphatic rings. The molecular weight excluding hydrogens is 277 g/mol. The van der Waals surface area contributed by atoms with E-state index in [1.807, 2.05) is 48.5 Å². The number of para-hydroxylation sites is 1. The summed E-state index contributed by atoms with van der Waals surface area (Å²) in [7, 11) is 0. The van der Waals surface area contributed by atoms with Crippen LogP contribution in [0, 0.1) is 17.1 Å². The third-order valence-corrected chi connectivity index (χ3v) is 3.79. The zero-order chi connectivity index (χ0) is 15.1. The molecule has 1 aromatic heterocycles. The van der Waals surface area contributed by atoms with E-state index in [2.05, 4.69) is 0 Å². The molecule has 4 aromatic rings. The van der Waals surface area contributed by atoms with Crippen LogP contribution in [0.3, 0.4) is 0 Å². The van der Waals surface area contributed by atoms with E-state index in [1.54, 1.807) is 12.1 Å². The minimum absolute atomic E-state index is 0.316. The summed E-state index contributed by atoms with van der Waals surface area (Å²) in [4.78, 5) is 0. The van der Waals surface area contributed by atoms with Gasteiger partial charge in [-0.05, 0) is 35.9 Å². The van der Waals surface area contributed by atoms with E-state index >= 15 is 0 Å². The fraction of sp³-hybridized carbons (Fsp3) is 0. The number of furan rings is 1. The second-order valence-corrected chi connectivity index (χ2v) is 5.12. The summed E-state index contributed by atoms with van der Waals surface area (Å²) >= 11 is 0. The Morgan fingerprint density at radius 1 is 0.864 bits per heavy atom. The van der Waals surface area contributed by atoms with E-state index in [9.17, 15) is 4.39 Å². The first-order valence-electron chi connectivity index (χ1n) is 6.87. The van der Waals surface area contributed by atoms with Gasteiger partial charge in [0.2, 0.25) is 0 Å². The summed E-state index contributed by atoms with van der Waals surface area (Å²) in [5.74, 6) is -0.397. The number of nitrogens with zero attached hydrogens (tertiary/aromatic N) is 1. The number of hydrogen-bond acceptors (Lipinski definition) is 2. The van der Waals surface area contributed by atoms with E-state index in [0.29, 0.717) is 11.1 Å². The second-order valence-electron chi connectivity index (χ2n) is 5.12. The van der Waals surface area contributed by atoms with Crippen LogP contribution >= 0.6 is 0 Å². The minimum atomic E-state index is -0.397. The van der Waals surface area contributed by atoms with Gasteiger partial charge >= 0.3 is 0 Å². The maximum Gasteiger partial charge on any atom is 0.135 e. The van der Waals surface area contributed by atoms with Crippen LogP contribution in [0.4, 0.5) is 4.39 Å². The van der Waals surface area contributed by atoms with Crippen molar-refractivity contribution in [1.29, 1.82) is 5.26 Å². The van der Waals surface area contributed by atoms with Crippen molar-refractivity contribution in [3.8, 4) is 17.2 Å². The highest BCUT2D eigenvalue weighted by atomic mass is 19.1. The summed E-state index contributed by atoms with van der Waals surface area (Å²) < 4.78 is 20.0. The van der Waals surface area contributed by atoms with Gasteiger partial charge in [0, 0.05) is 16.3 Å². The molecule has 104 valence electrons. The molecule has 0 N–H and O–H groups in total. The van der Waals surface area contributed by atoms with Crippen molar-refractivity contribution in [2.75, 3.05) is 0 Å². The summed E-state index contributed by atoms with van der Waals surface area (Å²) in [5.41, 5.74) is 3.15. The Morgan fingerprint density at radius 3 is 2.50 bits per heavy atom. The van der Waals surface area contributed by atoms with Crippen LogP contribution in [-0.4, -0.2) is 0 Å². The number of benzene rings is 3. The van der Waals surface area contributed by atoms with Crippen LogP contribution in [0.5, 0.6) is 0 Å². The molecule has 3 heteroatoms. The minimum Gasteiger partial charge on any atom is -0.456 e. The smallest absolute Gasteiger partial charge is 0.135 e. The van der Waals surface area contributed by atoms with Crippen molar-refractivity contribution in [3.05, 3.63) is 72.0 Å². The number of hydrogen-bond donors (Lipinski definition) is 0. The fourth-order valence-corrected chi connectivity index (χ4v) is 2.71. The summed E-state index contributed by atoms with van der Waals surface area (Å²) in [5, 5.41) is 10.8. The highest BCUT2D eigenvalue weighted by Crippen LogP contribution is 2.33. The van der Waals surface area contributed by atoms with Crippen LogP contribution < -0.4 is 0 Å². The number of fused-ring (bicyclic) bond motifs is 3. The van der Waals surface area contributed by atoms with Gasteiger partial charge < -0.3 is 4.42 Å². The van der Waals surface area contributed by atoms with Gasteiger partial charge in [-0.3, -0.25) is 0 Å². The van der Waals surface area contributed by atoms with Crippen molar-refractivity contribution in [1.82, 2.24) is 0 Å². The highest BCUT2D eigenvalue weighted by molar-refractivity contribution is 6.06. The second kappa shape index (κ2) is 4.71. The lowest BCUT2D eigenvalue weighted by Crippen LogP contribution is -1.86. The monoisotopic (exact) mass is 287 g/mol. The first-order chi connectivity index (χ1) is 10.8. The van der Waals surface area contributed by atoms with Gasteiger partial charge in [-0.2, -0.15) is 5.26 Å². The number of halogens is 1. The number of rotatable bonds is 1. The maximum absolute atomic E-state index is 14.2.